The monoisotopic (exact) mass is 443 g/mol. The number of anilines is 2. The van der Waals surface area contributed by atoms with Gasteiger partial charge in [0, 0.05) is 24.7 Å². The number of hydrogen-bond acceptors (Lipinski definition) is 6. The third-order valence-corrected chi connectivity index (χ3v) is 6.98. The summed E-state index contributed by atoms with van der Waals surface area (Å²) in [5.41, 5.74) is 7.38. The molecule has 2 heterocycles. The van der Waals surface area contributed by atoms with E-state index in [0.29, 0.717) is 12.5 Å². The number of rotatable bonds is 6. The summed E-state index contributed by atoms with van der Waals surface area (Å²) in [6.45, 7) is 0.447. The largest absolute Gasteiger partial charge is 0.378 e. The van der Waals surface area contributed by atoms with Crippen LogP contribution in [0, 0.1) is 0 Å². The molecule has 32 heavy (non-hydrogen) atoms. The number of fused-ring (bicyclic) bond motifs is 3. The molecular weight excluding hydrogens is 418 g/mol. The molecule has 162 valence electrons. The maximum Gasteiger partial charge on any atom is 0.264 e. The number of aromatic nitrogens is 2. The van der Waals surface area contributed by atoms with Gasteiger partial charge in [0.05, 0.1) is 18.1 Å². The summed E-state index contributed by atoms with van der Waals surface area (Å²) in [6, 6.07) is 18.1. The lowest BCUT2D eigenvalue weighted by atomic mass is 10.2. The minimum absolute atomic E-state index is 0.00582. The van der Waals surface area contributed by atoms with Gasteiger partial charge < -0.3 is 4.90 Å². The van der Waals surface area contributed by atoms with E-state index in [2.05, 4.69) is 15.4 Å². The second-order valence-corrected chi connectivity index (χ2v) is 9.29. The van der Waals surface area contributed by atoms with Crippen LogP contribution in [0.15, 0.2) is 64.5 Å². The van der Waals surface area contributed by atoms with E-state index in [1.165, 1.54) is 10.4 Å². The molecule has 0 saturated heterocycles. The van der Waals surface area contributed by atoms with E-state index in [9.17, 15) is 4.79 Å². The highest BCUT2D eigenvalue weighted by Crippen LogP contribution is 2.35. The van der Waals surface area contributed by atoms with Gasteiger partial charge in [-0.25, -0.2) is 10.4 Å². The highest BCUT2D eigenvalue weighted by Gasteiger charge is 2.23. The predicted octanol–water partition coefficient (Wildman–Crippen LogP) is 4.51. The van der Waals surface area contributed by atoms with Crippen molar-refractivity contribution in [2.24, 2.45) is 5.10 Å². The van der Waals surface area contributed by atoms with Crippen molar-refractivity contribution in [2.45, 2.75) is 25.8 Å². The zero-order valence-electron chi connectivity index (χ0n) is 18.2. The van der Waals surface area contributed by atoms with E-state index in [0.717, 1.165) is 46.3 Å². The van der Waals surface area contributed by atoms with Gasteiger partial charge in [0.2, 0.25) is 5.95 Å². The SMILES string of the molecule is CN(C)c1ccc(/C=N\Nc2nc3sc4c(c3c(=O)n2Cc2ccccc2)CCC4)cc1. The van der Waals surface area contributed by atoms with Gasteiger partial charge in [-0.05, 0) is 48.1 Å². The van der Waals surface area contributed by atoms with E-state index in [1.54, 1.807) is 22.1 Å². The molecule has 1 N–H and O–H groups in total. The van der Waals surface area contributed by atoms with E-state index in [-0.39, 0.29) is 5.56 Å². The molecule has 0 spiro atoms. The maximum atomic E-state index is 13.5. The van der Waals surface area contributed by atoms with Crippen molar-refractivity contribution >= 4 is 39.4 Å². The lowest BCUT2D eigenvalue weighted by Crippen LogP contribution is -2.24. The Balaban J connectivity index is 1.50. The minimum Gasteiger partial charge on any atom is -0.378 e. The fourth-order valence-corrected chi connectivity index (χ4v) is 5.35. The molecule has 0 amide bonds. The van der Waals surface area contributed by atoms with Crippen molar-refractivity contribution < 1.29 is 0 Å². The Labute approximate surface area is 190 Å². The predicted molar refractivity (Wildman–Crippen MR) is 133 cm³/mol. The molecule has 0 bridgehead atoms. The first kappa shape index (κ1) is 20.5. The fourth-order valence-electron chi connectivity index (χ4n) is 4.10. The summed E-state index contributed by atoms with van der Waals surface area (Å²) in [5.74, 6) is 0.465. The smallest absolute Gasteiger partial charge is 0.264 e. The molecule has 0 fully saturated rings. The number of thiophene rings is 1. The van der Waals surface area contributed by atoms with Crippen LogP contribution in [-0.4, -0.2) is 29.9 Å². The second kappa shape index (κ2) is 8.59. The number of aryl methyl sites for hydroxylation is 2. The van der Waals surface area contributed by atoms with Crippen LogP contribution in [0.3, 0.4) is 0 Å². The molecule has 1 aliphatic rings. The van der Waals surface area contributed by atoms with Gasteiger partial charge in [0.25, 0.3) is 5.56 Å². The third-order valence-electron chi connectivity index (χ3n) is 5.80. The number of benzene rings is 2. The van der Waals surface area contributed by atoms with Crippen molar-refractivity contribution in [3.63, 3.8) is 0 Å². The summed E-state index contributed by atoms with van der Waals surface area (Å²) < 4.78 is 1.70. The molecule has 0 aliphatic heterocycles. The first-order valence-electron chi connectivity index (χ1n) is 10.8. The van der Waals surface area contributed by atoms with Crippen LogP contribution in [0.1, 0.15) is 28.0 Å². The zero-order chi connectivity index (χ0) is 22.1. The summed E-state index contributed by atoms with van der Waals surface area (Å²) in [7, 11) is 4.03. The van der Waals surface area contributed by atoms with Gasteiger partial charge in [-0.15, -0.1) is 11.3 Å². The molecule has 0 atom stereocenters. The number of hydrazone groups is 1. The minimum atomic E-state index is 0.00582. The van der Waals surface area contributed by atoms with E-state index >= 15 is 0 Å². The van der Waals surface area contributed by atoms with Crippen LogP contribution >= 0.6 is 11.3 Å². The summed E-state index contributed by atoms with van der Waals surface area (Å²) in [4.78, 5) is 22.5. The molecular formula is C25H25N5OS. The van der Waals surface area contributed by atoms with Crippen molar-refractivity contribution in [2.75, 3.05) is 24.4 Å². The Hall–Kier alpha value is -3.45. The Morgan fingerprint density at radius 3 is 2.66 bits per heavy atom. The van der Waals surface area contributed by atoms with Crippen LogP contribution in [0.4, 0.5) is 11.6 Å². The average Bonchev–Trinajstić information content (AvgIpc) is 3.38. The lowest BCUT2D eigenvalue weighted by Gasteiger charge is -2.12. The molecule has 1 aliphatic carbocycles. The van der Waals surface area contributed by atoms with Gasteiger partial charge in [0.15, 0.2) is 0 Å². The van der Waals surface area contributed by atoms with E-state index in [1.807, 2.05) is 68.7 Å². The first-order valence-corrected chi connectivity index (χ1v) is 11.6. The van der Waals surface area contributed by atoms with Gasteiger partial charge in [-0.3, -0.25) is 9.36 Å². The summed E-state index contributed by atoms with van der Waals surface area (Å²) >= 11 is 1.64. The number of hydrogen-bond donors (Lipinski definition) is 1. The highest BCUT2D eigenvalue weighted by molar-refractivity contribution is 7.18. The van der Waals surface area contributed by atoms with Gasteiger partial charge >= 0.3 is 0 Å². The lowest BCUT2D eigenvalue weighted by molar-refractivity contribution is 0.755. The molecule has 4 aromatic rings. The van der Waals surface area contributed by atoms with Crippen molar-refractivity contribution in [3.05, 3.63) is 86.5 Å². The Bertz CT molecular complexity index is 1340. The first-order chi connectivity index (χ1) is 15.6. The van der Waals surface area contributed by atoms with E-state index < -0.39 is 0 Å². The highest BCUT2D eigenvalue weighted by atomic mass is 32.1. The quantitative estimate of drug-likeness (QED) is 0.352. The van der Waals surface area contributed by atoms with Crippen LogP contribution in [0.25, 0.3) is 10.2 Å². The van der Waals surface area contributed by atoms with Crippen molar-refractivity contribution in [1.82, 2.24) is 9.55 Å². The van der Waals surface area contributed by atoms with Crippen molar-refractivity contribution in [3.8, 4) is 0 Å². The van der Waals surface area contributed by atoms with Gasteiger partial charge in [0.1, 0.15) is 4.83 Å². The number of nitrogens with one attached hydrogen (secondary N) is 1. The molecule has 5 rings (SSSR count). The second-order valence-electron chi connectivity index (χ2n) is 8.21. The Morgan fingerprint density at radius 1 is 1.12 bits per heavy atom. The molecule has 6 nitrogen and oxygen atoms in total. The van der Waals surface area contributed by atoms with E-state index in [4.69, 9.17) is 4.98 Å². The average molecular weight is 444 g/mol. The maximum absolute atomic E-state index is 13.5. The third kappa shape index (κ3) is 3.91. The van der Waals surface area contributed by atoms with Crippen LogP contribution in [0.2, 0.25) is 0 Å². The van der Waals surface area contributed by atoms with Crippen LogP contribution in [0.5, 0.6) is 0 Å². The Kier molecular flexibility index (Phi) is 5.49. The topological polar surface area (TPSA) is 62.5 Å². The van der Waals surface area contributed by atoms with Crippen LogP contribution in [-0.2, 0) is 19.4 Å². The number of nitrogens with zero attached hydrogens (tertiary/aromatic N) is 4. The van der Waals surface area contributed by atoms with Gasteiger partial charge in [-0.1, -0.05) is 42.5 Å². The molecule has 2 aromatic heterocycles. The molecule has 0 unspecified atom stereocenters. The normalized spacial score (nSPS) is 13.1. The standard InChI is InChI=1S/C25H25N5OS/c1-29(2)19-13-11-17(12-14-19)15-26-28-25-27-23-22(20-9-6-10-21(20)32-23)24(31)30(25)16-18-7-4-3-5-8-18/h3-5,7-8,11-15H,6,9-10,16H2,1-2H3,(H,27,28)/b26-15-. The molecule has 0 saturated carbocycles. The molecule has 2 aromatic carbocycles. The summed E-state index contributed by atoms with van der Waals surface area (Å²) in [5, 5.41) is 5.18. The summed E-state index contributed by atoms with van der Waals surface area (Å²) in [6.07, 6.45) is 4.87. The van der Waals surface area contributed by atoms with Crippen LogP contribution < -0.4 is 15.9 Å². The molecule has 0 radical (unpaired) electrons. The fraction of sp³-hybridized carbons (Fsp3) is 0.240. The van der Waals surface area contributed by atoms with Crippen molar-refractivity contribution in [1.29, 1.82) is 0 Å². The van der Waals surface area contributed by atoms with Gasteiger partial charge in [-0.2, -0.15) is 5.10 Å². The Morgan fingerprint density at radius 2 is 1.91 bits per heavy atom. The zero-order valence-corrected chi connectivity index (χ0v) is 19.0. The molecule has 7 heteroatoms.